The maximum absolute atomic E-state index is 12.9. The Labute approximate surface area is 487 Å². The minimum absolute atomic E-state index is 0.0698. The number of esters is 3. The maximum atomic E-state index is 12.9. The van der Waals surface area contributed by atoms with E-state index < -0.39 is 6.10 Å². The molecule has 0 aromatic carbocycles. The third-order valence-electron chi connectivity index (χ3n) is 16.2. The van der Waals surface area contributed by atoms with E-state index in [4.69, 9.17) is 14.2 Å². The van der Waals surface area contributed by atoms with Crippen LogP contribution in [-0.2, 0) is 28.6 Å². The Bertz CT molecular complexity index is 1260. The lowest BCUT2D eigenvalue weighted by molar-refractivity contribution is -0.167. The molecule has 1 atom stereocenters. The Hall–Kier alpha value is -2.11. The van der Waals surface area contributed by atoms with E-state index in [0.717, 1.165) is 70.6 Å². The van der Waals surface area contributed by atoms with Gasteiger partial charge in [0.25, 0.3) is 0 Å². The minimum Gasteiger partial charge on any atom is -0.462 e. The molecule has 460 valence electrons. The first-order valence-corrected chi connectivity index (χ1v) is 35.3. The summed E-state index contributed by atoms with van der Waals surface area (Å²) in [6.45, 7) is 6.64. The van der Waals surface area contributed by atoms with Crippen molar-refractivity contribution in [1.82, 2.24) is 0 Å². The quantitative estimate of drug-likeness (QED) is 0.0261. The van der Waals surface area contributed by atoms with Crippen molar-refractivity contribution in [3.05, 3.63) is 24.3 Å². The molecule has 0 N–H and O–H groups in total. The van der Waals surface area contributed by atoms with Crippen molar-refractivity contribution in [2.45, 2.75) is 406 Å². The van der Waals surface area contributed by atoms with Gasteiger partial charge >= 0.3 is 17.9 Å². The summed E-state index contributed by atoms with van der Waals surface area (Å²) in [5.74, 6) is -0.857. The van der Waals surface area contributed by atoms with Crippen molar-refractivity contribution < 1.29 is 28.6 Å². The Morgan fingerprint density at radius 2 is 0.449 bits per heavy atom. The van der Waals surface area contributed by atoms with E-state index in [0.29, 0.717) is 19.3 Å². The van der Waals surface area contributed by atoms with Gasteiger partial charge < -0.3 is 14.2 Å². The molecule has 0 spiro atoms. The molecular formula is C72H136O6. The van der Waals surface area contributed by atoms with Gasteiger partial charge in [0.2, 0.25) is 0 Å². The summed E-state index contributed by atoms with van der Waals surface area (Å²) in [6.07, 6.45) is 82.4. The molecule has 0 bridgehead atoms. The number of rotatable bonds is 66. The number of carbonyl (C=O) groups excluding carboxylic acids is 3. The summed E-state index contributed by atoms with van der Waals surface area (Å²) in [7, 11) is 0. The van der Waals surface area contributed by atoms with Crippen molar-refractivity contribution in [1.29, 1.82) is 0 Å². The predicted molar refractivity (Wildman–Crippen MR) is 340 cm³/mol. The van der Waals surface area contributed by atoms with Gasteiger partial charge in [-0.25, -0.2) is 0 Å². The molecule has 0 aromatic rings. The predicted octanol–water partition coefficient (Wildman–Crippen LogP) is 24.2. The van der Waals surface area contributed by atoms with Crippen LogP contribution in [0.25, 0.3) is 0 Å². The third kappa shape index (κ3) is 64.7. The highest BCUT2D eigenvalue weighted by molar-refractivity contribution is 5.71. The molecule has 0 aliphatic heterocycles. The van der Waals surface area contributed by atoms with Crippen LogP contribution in [0.5, 0.6) is 0 Å². The fourth-order valence-electron chi connectivity index (χ4n) is 10.9. The van der Waals surface area contributed by atoms with E-state index in [-0.39, 0.29) is 31.1 Å². The first kappa shape index (κ1) is 75.9. The molecule has 6 heteroatoms. The van der Waals surface area contributed by atoms with Gasteiger partial charge in [0.1, 0.15) is 13.2 Å². The first-order chi connectivity index (χ1) is 38.5. The first-order valence-electron chi connectivity index (χ1n) is 35.3. The summed E-state index contributed by atoms with van der Waals surface area (Å²) >= 11 is 0. The van der Waals surface area contributed by atoms with Crippen LogP contribution < -0.4 is 0 Å². The van der Waals surface area contributed by atoms with Crippen molar-refractivity contribution >= 4 is 17.9 Å². The minimum atomic E-state index is -0.773. The zero-order chi connectivity index (χ0) is 56.4. The molecule has 0 heterocycles. The molecular weight excluding hydrogens is 961 g/mol. The van der Waals surface area contributed by atoms with E-state index >= 15 is 0 Å². The van der Waals surface area contributed by atoms with Gasteiger partial charge in [0.15, 0.2) is 6.10 Å². The van der Waals surface area contributed by atoms with Gasteiger partial charge in [-0.1, -0.05) is 340 Å². The molecule has 0 aliphatic carbocycles. The highest BCUT2D eigenvalue weighted by Gasteiger charge is 2.19. The molecule has 0 fully saturated rings. The highest BCUT2D eigenvalue weighted by atomic mass is 16.6. The molecule has 0 saturated carbocycles. The molecule has 6 nitrogen and oxygen atoms in total. The largest absolute Gasteiger partial charge is 0.462 e. The second kappa shape index (κ2) is 67.4. The number of allylic oxidation sites excluding steroid dienone is 4. The van der Waals surface area contributed by atoms with Crippen LogP contribution in [0.4, 0.5) is 0 Å². The fraction of sp³-hybridized carbons (Fsp3) is 0.903. The number of ether oxygens (including phenoxy) is 3. The van der Waals surface area contributed by atoms with Gasteiger partial charge in [0.05, 0.1) is 0 Å². The molecule has 0 saturated heterocycles. The Kier molecular flexibility index (Phi) is 65.6. The molecule has 0 radical (unpaired) electrons. The molecule has 0 amide bonds. The van der Waals surface area contributed by atoms with Crippen LogP contribution in [0.1, 0.15) is 400 Å². The summed E-state index contributed by atoms with van der Waals surface area (Å²) < 4.78 is 16.9. The summed E-state index contributed by atoms with van der Waals surface area (Å²) in [6, 6.07) is 0. The zero-order valence-corrected chi connectivity index (χ0v) is 53.0. The van der Waals surface area contributed by atoms with E-state index in [1.165, 1.54) is 289 Å². The molecule has 78 heavy (non-hydrogen) atoms. The van der Waals surface area contributed by atoms with Crippen LogP contribution in [0.3, 0.4) is 0 Å². The van der Waals surface area contributed by atoms with E-state index in [2.05, 4.69) is 45.1 Å². The molecule has 0 aromatic heterocycles. The van der Waals surface area contributed by atoms with E-state index in [9.17, 15) is 14.4 Å². The van der Waals surface area contributed by atoms with Gasteiger partial charge in [0, 0.05) is 19.3 Å². The lowest BCUT2D eigenvalue weighted by Crippen LogP contribution is -2.30. The highest BCUT2D eigenvalue weighted by Crippen LogP contribution is 2.19. The number of carbonyl (C=O) groups is 3. The maximum Gasteiger partial charge on any atom is 0.306 e. The number of hydrogen-bond acceptors (Lipinski definition) is 6. The SMILES string of the molecule is CCC/C=C\CCCCCCCC(=O)OCC(COC(=O)CCCCCCCCCCCCCCCCCCCCCCCCCCCCCCCCC)OC(=O)CCCCCCCCCCC/C=C\CCCCCCCC. The Morgan fingerprint density at radius 1 is 0.244 bits per heavy atom. The van der Waals surface area contributed by atoms with Crippen LogP contribution >= 0.6 is 0 Å². The second-order valence-electron chi connectivity index (χ2n) is 24.1. The fourth-order valence-corrected chi connectivity index (χ4v) is 10.9. The van der Waals surface area contributed by atoms with Gasteiger partial charge in [-0.05, 0) is 64.2 Å². The monoisotopic (exact) mass is 1100 g/mol. The molecule has 0 aliphatic rings. The van der Waals surface area contributed by atoms with Crippen molar-refractivity contribution in [3.8, 4) is 0 Å². The smallest absolute Gasteiger partial charge is 0.306 e. The van der Waals surface area contributed by atoms with Crippen LogP contribution in [0.15, 0.2) is 24.3 Å². The van der Waals surface area contributed by atoms with Crippen LogP contribution in [-0.4, -0.2) is 37.2 Å². The van der Waals surface area contributed by atoms with E-state index in [1.807, 2.05) is 0 Å². The van der Waals surface area contributed by atoms with Crippen LogP contribution in [0.2, 0.25) is 0 Å². The average molecular weight is 1100 g/mol. The Morgan fingerprint density at radius 3 is 0.692 bits per heavy atom. The standard InChI is InChI=1S/C72H136O6/c1-4-7-10-13-16-19-22-24-26-28-30-31-32-33-34-35-36-37-38-39-40-41-43-44-46-48-50-53-56-59-62-65-71(74)77-68-69(67-76-70(73)64-61-58-55-52-21-18-15-12-9-6-3)78-72(75)66-63-60-57-54-51-49-47-45-42-29-27-25-23-20-17-14-11-8-5-2/h12,15,25,27,69H,4-11,13-14,16-24,26,28-68H2,1-3H3/b15-12-,27-25-. The molecule has 0 rings (SSSR count). The summed E-state index contributed by atoms with van der Waals surface area (Å²) in [5, 5.41) is 0. The number of hydrogen-bond donors (Lipinski definition) is 0. The van der Waals surface area contributed by atoms with E-state index in [1.54, 1.807) is 0 Å². The van der Waals surface area contributed by atoms with Crippen LogP contribution in [0, 0.1) is 0 Å². The third-order valence-corrected chi connectivity index (χ3v) is 16.2. The summed E-state index contributed by atoms with van der Waals surface area (Å²) in [4.78, 5) is 38.3. The topological polar surface area (TPSA) is 78.9 Å². The van der Waals surface area contributed by atoms with Gasteiger partial charge in [-0.3, -0.25) is 14.4 Å². The average Bonchev–Trinajstić information content (AvgIpc) is 3.44. The lowest BCUT2D eigenvalue weighted by atomic mass is 10.0. The zero-order valence-electron chi connectivity index (χ0n) is 53.0. The number of unbranched alkanes of at least 4 members (excludes halogenated alkanes) is 51. The lowest BCUT2D eigenvalue weighted by Gasteiger charge is -2.18. The summed E-state index contributed by atoms with van der Waals surface area (Å²) in [5.41, 5.74) is 0. The normalized spacial score (nSPS) is 12.1. The van der Waals surface area contributed by atoms with Gasteiger partial charge in [-0.15, -0.1) is 0 Å². The van der Waals surface area contributed by atoms with Gasteiger partial charge in [-0.2, -0.15) is 0 Å². The second-order valence-corrected chi connectivity index (χ2v) is 24.1. The van der Waals surface area contributed by atoms with Crippen molar-refractivity contribution in [3.63, 3.8) is 0 Å². The van der Waals surface area contributed by atoms with Crippen molar-refractivity contribution in [2.75, 3.05) is 13.2 Å². The van der Waals surface area contributed by atoms with Crippen molar-refractivity contribution in [2.24, 2.45) is 0 Å². The molecule has 1 unspecified atom stereocenters. The Balaban J connectivity index is 4.06.